The first-order valence-electron chi connectivity index (χ1n) is 6.25. The molecule has 0 spiro atoms. The fourth-order valence-corrected chi connectivity index (χ4v) is 5.90. The predicted octanol–water partition coefficient (Wildman–Crippen LogP) is 0.896. The Morgan fingerprint density at radius 2 is 1.94 bits per heavy atom. The molecule has 100 valence electrons. The highest BCUT2D eigenvalue weighted by Gasteiger charge is 2.38. The third-order valence-corrected chi connectivity index (χ3v) is 7.10. The predicted molar refractivity (Wildman–Crippen MR) is 72.9 cm³/mol. The molecule has 2 rings (SSSR count). The van der Waals surface area contributed by atoms with Crippen molar-refractivity contribution in [2.24, 2.45) is 0 Å². The lowest BCUT2D eigenvalue weighted by molar-refractivity contribution is 0.371. The van der Waals surface area contributed by atoms with Crippen LogP contribution in [0.1, 0.15) is 26.7 Å². The van der Waals surface area contributed by atoms with Crippen LogP contribution in [0.25, 0.3) is 0 Å². The molecule has 0 aromatic carbocycles. The summed E-state index contributed by atoms with van der Waals surface area (Å²) >= 11 is 1.87. The van der Waals surface area contributed by atoms with Gasteiger partial charge in [-0.05, 0) is 39.8 Å². The van der Waals surface area contributed by atoms with E-state index in [1.807, 2.05) is 11.8 Å². The monoisotopic (exact) mass is 278 g/mol. The molecule has 0 aromatic rings. The van der Waals surface area contributed by atoms with Crippen molar-refractivity contribution < 1.29 is 8.42 Å². The number of piperidine rings is 1. The Labute approximate surface area is 109 Å². The van der Waals surface area contributed by atoms with E-state index in [9.17, 15) is 8.42 Å². The molecule has 1 N–H and O–H groups in total. The van der Waals surface area contributed by atoms with Gasteiger partial charge in [0.2, 0.25) is 10.0 Å². The van der Waals surface area contributed by atoms with E-state index in [4.69, 9.17) is 0 Å². The van der Waals surface area contributed by atoms with E-state index in [2.05, 4.69) is 19.2 Å². The third-order valence-electron chi connectivity index (χ3n) is 3.46. The number of thioether (sulfide) groups is 1. The Kier molecular flexibility index (Phi) is 4.07. The van der Waals surface area contributed by atoms with Gasteiger partial charge in [0.15, 0.2) is 0 Å². The normalized spacial score (nSPS) is 28.1. The maximum Gasteiger partial charge on any atom is 0.217 e. The highest BCUT2D eigenvalue weighted by molar-refractivity contribution is 8.00. The summed E-state index contributed by atoms with van der Waals surface area (Å²) < 4.78 is 26.8. The Balaban J connectivity index is 2.09. The highest BCUT2D eigenvalue weighted by Crippen LogP contribution is 2.32. The number of rotatable bonds is 2. The van der Waals surface area contributed by atoms with Crippen LogP contribution in [-0.2, 0) is 10.0 Å². The molecule has 0 radical (unpaired) electrons. The van der Waals surface area contributed by atoms with Crippen LogP contribution < -0.4 is 5.32 Å². The van der Waals surface area contributed by atoms with Crippen molar-refractivity contribution in [2.75, 3.05) is 31.9 Å². The van der Waals surface area contributed by atoms with E-state index >= 15 is 0 Å². The van der Waals surface area contributed by atoms with Gasteiger partial charge >= 0.3 is 0 Å². The first-order valence-corrected chi connectivity index (χ1v) is 8.74. The van der Waals surface area contributed by atoms with Crippen molar-refractivity contribution in [1.29, 1.82) is 0 Å². The zero-order valence-corrected chi connectivity index (χ0v) is 12.2. The van der Waals surface area contributed by atoms with Gasteiger partial charge in [-0.2, -0.15) is 16.1 Å². The zero-order valence-electron chi connectivity index (χ0n) is 10.6. The molecule has 0 saturated carbocycles. The molecule has 2 heterocycles. The van der Waals surface area contributed by atoms with Crippen LogP contribution in [0.15, 0.2) is 0 Å². The largest absolute Gasteiger partial charge is 0.317 e. The minimum absolute atomic E-state index is 0.0538. The summed E-state index contributed by atoms with van der Waals surface area (Å²) in [6, 6.07) is 0. The SMILES string of the molecule is CC1(C)CN(S(=O)(=O)C2CCNCC2)CCS1. The molecule has 0 aliphatic carbocycles. The number of sulfonamides is 1. The minimum atomic E-state index is -3.08. The summed E-state index contributed by atoms with van der Waals surface area (Å²) in [6.07, 6.45) is 1.51. The molecule has 0 aromatic heterocycles. The Morgan fingerprint density at radius 1 is 1.29 bits per heavy atom. The molecule has 0 bridgehead atoms. The average molecular weight is 278 g/mol. The average Bonchev–Trinajstić information content (AvgIpc) is 2.29. The van der Waals surface area contributed by atoms with Gasteiger partial charge in [-0.15, -0.1) is 0 Å². The standard InChI is InChI=1S/C11H22N2O2S2/c1-11(2)9-13(7-8-16-11)17(14,15)10-3-5-12-6-4-10/h10,12H,3-9H2,1-2H3. The Hall–Kier alpha value is 0.220. The van der Waals surface area contributed by atoms with Crippen molar-refractivity contribution in [1.82, 2.24) is 9.62 Å². The molecular weight excluding hydrogens is 256 g/mol. The molecule has 17 heavy (non-hydrogen) atoms. The van der Waals surface area contributed by atoms with Gasteiger partial charge in [0, 0.05) is 23.6 Å². The van der Waals surface area contributed by atoms with Crippen molar-refractivity contribution >= 4 is 21.8 Å². The van der Waals surface area contributed by atoms with Crippen LogP contribution in [0.2, 0.25) is 0 Å². The summed E-state index contributed by atoms with van der Waals surface area (Å²) in [7, 11) is -3.08. The molecule has 4 nitrogen and oxygen atoms in total. The smallest absolute Gasteiger partial charge is 0.217 e. The van der Waals surface area contributed by atoms with E-state index in [-0.39, 0.29) is 10.00 Å². The summed E-state index contributed by atoms with van der Waals surface area (Å²) in [5.41, 5.74) is 0. The van der Waals surface area contributed by atoms with E-state index in [1.165, 1.54) is 0 Å². The highest BCUT2D eigenvalue weighted by atomic mass is 32.2. The fourth-order valence-electron chi connectivity index (χ4n) is 2.49. The van der Waals surface area contributed by atoms with Crippen LogP contribution in [0.4, 0.5) is 0 Å². The number of nitrogens with zero attached hydrogens (tertiary/aromatic N) is 1. The van der Waals surface area contributed by atoms with E-state index < -0.39 is 10.0 Å². The van der Waals surface area contributed by atoms with Crippen molar-refractivity contribution in [3.05, 3.63) is 0 Å². The number of nitrogens with one attached hydrogen (secondary N) is 1. The Morgan fingerprint density at radius 3 is 2.53 bits per heavy atom. The van der Waals surface area contributed by atoms with Crippen molar-refractivity contribution in [3.63, 3.8) is 0 Å². The van der Waals surface area contributed by atoms with E-state index in [1.54, 1.807) is 4.31 Å². The van der Waals surface area contributed by atoms with Gasteiger partial charge in [-0.1, -0.05) is 0 Å². The quantitative estimate of drug-likeness (QED) is 0.815. The first kappa shape index (κ1) is 13.6. The molecule has 2 aliphatic rings. The van der Waals surface area contributed by atoms with Gasteiger partial charge in [-0.25, -0.2) is 8.42 Å². The number of hydrogen-bond donors (Lipinski definition) is 1. The fraction of sp³-hybridized carbons (Fsp3) is 1.00. The summed E-state index contributed by atoms with van der Waals surface area (Å²) in [5, 5.41) is 3.05. The van der Waals surface area contributed by atoms with Gasteiger partial charge in [0.05, 0.1) is 5.25 Å². The Bertz CT molecular complexity index is 362. The van der Waals surface area contributed by atoms with Gasteiger partial charge in [0.1, 0.15) is 0 Å². The molecule has 0 amide bonds. The number of hydrogen-bond acceptors (Lipinski definition) is 4. The summed E-state index contributed by atoms with van der Waals surface area (Å²) in [4.78, 5) is 0. The second kappa shape index (κ2) is 5.07. The second-order valence-electron chi connectivity index (χ2n) is 5.44. The molecule has 0 unspecified atom stereocenters. The first-order chi connectivity index (χ1) is 7.92. The topological polar surface area (TPSA) is 49.4 Å². The van der Waals surface area contributed by atoms with Crippen LogP contribution in [0.3, 0.4) is 0 Å². The molecule has 2 saturated heterocycles. The minimum Gasteiger partial charge on any atom is -0.317 e. The summed E-state index contributed by atoms with van der Waals surface area (Å²) in [5.74, 6) is 0.914. The van der Waals surface area contributed by atoms with Crippen LogP contribution >= 0.6 is 11.8 Å². The van der Waals surface area contributed by atoms with E-state index in [0.29, 0.717) is 13.1 Å². The van der Waals surface area contributed by atoms with Crippen molar-refractivity contribution in [2.45, 2.75) is 36.7 Å². The lowest BCUT2D eigenvalue weighted by Crippen LogP contribution is -2.51. The molecular formula is C11H22N2O2S2. The maximum absolute atomic E-state index is 12.5. The maximum atomic E-state index is 12.5. The zero-order chi connectivity index (χ0) is 12.5. The summed E-state index contributed by atoms with van der Waals surface area (Å²) in [6.45, 7) is 7.25. The molecule has 0 atom stereocenters. The van der Waals surface area contributed by atoms with Gasteiger partial charge in [0.25, 0.3) is 0 Å². The van der Waals surface area contributed by atoms with E-state index in [0.717, 1.165) is 31.7 Å². The molecule has 2 aliphatic heterocycles. The van der Waals surface area contributed by atoms with Crippen molar-refractivity contribution in [3.8, 4) is 0 Å². The second-order valence-corrected chi connectivity index (χ2v) is 9.45. The van der Waals surface area contributed by atoms with Crippen LogP contribution in [0, 0.1) is 0 Å². The molecule has 6 heteroatoms. The lowest BCUT2D eigenvalue weighted by Gasteiger charge is -2.39. The lowest BCUT2D eigenvalue weighted by atomic mass is 10.2. The third kappa shape index (κ3) is 3.16. The molecule has 2 fully saturated rings. The van der Waals surface area contributed by atoms with Gasteiger partial charge < -0.3 is 5.32 Å². The van der Waals surface area contributed by atoms with Crippen LogP contribution in [-0.4, -0.2) is 54.7 Å². The van der Waals surface area contributed by atoms with Gasteiger partial charge in [-0.3, -0.25) is 0 Å². The van der Waals surface area contributed by atoms with Crippen LogP contribution in [0.5, 0.6) is 0 Å².